The van der Waals surface area contributed by atoms with E-state index in [2.05, 4.69) is 14.9 Å². The molecule has 2 aromatic rings. The van der Waals surface area contributed by atoms with Crippen molar-refractivity contribution in [1.29, 1.82) is 0 Å². The Morgan fingerprint density at radius 1 is 1.23 bits per heavy atom. The summed E-state index contributed by atoms with van der Waals surface area (Å²) in [5, 5.41) is 8.32. The molecule has 0 spiro atoms. The first-order chi connectivity index (χ1) is 10.6. The second-order valence-corrected chi connectivity index (χ2v) is 7.53. The number of hydrogen-bond donors (Lipinski definition) is 1. The molecule has 0 unspecified atom stereocenters. The van der Waals surface area contributed by atoms with Gasteiger partial charge in [0.1, 0.15) is 11.6 Å². The molecule has 3 rings (SSSR count). The molecule has 1 aromatic carbocycles. The Bertz CT molecular complexity index is 736. The predicted molar refractivity (Wildman–Crippen MR) is 83.5 cm³/mol. The van der Waals surface area contributed by atoms with Gasteiger partial charge in [-0.15, -0.1) is 10.2 Å². The minimum absolute atomic E-state index is 0.0266. The second kappa shape index (κ2) is 6.18. The van der Waals surface area contributed by atoms with Crippen LogP contribution < -0.4 is 4.72 Å². The van der Waals surface area contributed by atoms with Crippen molar-refractivity contribution >= 4 is 10.0 Å². The van der Waals surface area contributed by atoms with Gasteiger partial charge < -0.3 is 4.57 Å². The minimum atomic E-state index is -3.38. The van der Waals surface area contributed by atoms with E-state index in [1.165, 1.54) is 6.42 Å². The highest BCUT2D eigenvalue weighted by atomic mass is 32.2. The van der Waals surface area contributed by atoms with Crippen LogP contribution in [0.5, 0.6) is 0 Å². The third-order valence-electron chi connectivity index (χ3n) is 4.12. The molecule has 1 saturated carbocycles. The maximum atomic E-state index is 12.1. The molecule has 1 aromatic heterocycles. The van der Waals surface area contributed by atoms with Crippen molar-refractivity contribution in [3.05, 3.63) is 47.5 Å². The molecule has 1 N–H and O–H groups in total. The number of rotatable bonds is 6. The lowest BCUT2D eigenvalue weighted by Gasteiger charge is -2.24. The summed E-state index contributed by atoms with van der Waals surface area (Å²) in [7, 11) is -1.49. The molecular formula is C15H20N4O2S. The highest BCUT2D eigenvalue weighted by Gasteiger charge is 2.25. The Hall–Kier alpha value is -1.73. The van der Waals surface area contributed by atoms with E-state index < -0.39 is 10.0 Å². The molecule has 118 valence electrons. The maximum Gasteiger partial charge on any atom is 0.216 e. The van der Waals surface area contributed by atoms with E-state index in [4.69, 9.17) is 0 Å². The number of benzene rings is 1. The molecule has 6 nitrogen and oxygen atoms in total. The van der Waals surface area contributed by atoms with Crippen LogP contribution in [0.3, 0.4) is 0 Å². The van der Waals surface area contributed by atoms with Gasteiger partial charge in [0.2, 0.25) is 10.0 Å². The molecule has 1 fully saturated rings. The van der Waals surface area contributed by atoms with Gasteiger partial charge in [-0.2, -0.15) is 0 Å². The van der Waals surface area contributed by atoms with Gasteiger partial charge in [0.15, 0.2) is 0 Å². The average Bonchev–Trinajstić information content (AvgIpc) is 2.77. The number of nitrogens with one attached hydrogen (secondary N) is 1. The van der Waals surface area contributed by atoms with Gasteiger partial charge in [0.05, 0.1) is 12.3 Å². The summed E-state index contributed by atoms with van der Waals surface area (Å²) < 4.78 is 28.8. The fraction of sp³-hybridized carbons (Fsp3) is 0.467. The van der Waals surface area contributed by atoms with Crippen molar-refractivity contribution in [2.75, 3.05) is 0 Å². The van der Waals surface area contributed by atoms with Crippen molar-refractivity contribution in [3.63, 3.8) is 0 Å². The smallest absolute Gasteiger partial charge is 0.216 e. The Kier molecular flexibility index (Phi) is 4.26. The van der Waals surface area contributed by atoms with Crippen LogP contribution in [0.25, 0.3) is 0 Å². The van der Waals surface area contributed by atoms with Gasteiger partial charge in [0, 0.05) is 13.0 Å². The number of aromatic nitrogens is 3. The molecule has 0 aliphatic heterocycles. The van der Waals surface area contributed by atoms with E-state index in [0.29, 0.717) is 11.7 Å². The third kappa shape index (κ3) is 3.36. The first-order valence-corrected chi connectivity index (χ1v) is 9.10. The highest BCUT2D eigenvalue weighted by Crippen LogP contribution is 2.35. The summed E-state index contributed by atoms with van der Waals surface area (Å²) >= 11 is 0. The molecule has 7 heteroatoms. The summed E-state index contributed by atoms with van der Waals surface area (Å²) in [4.78, 5) is 0. The number of sulfonamides is 1. The lowest BCUT2D eigenvalue weighted by molar-refractivity contribution is 0.391. The highest BCUT2D eigenvalue weighted by molar-refractivity contribution is 7.88. The van der Waals surface area contributed by atoms with Crippen LogP contribution >= 0.6 is 0 Å². The first kappa shape index (κ1) is 15.2. The zero-order valence-electron chi connectivity index (χ0n) is 12.6. The fourth-order valence-electron chi connectivity index (χ4n) is 2.57. The topological polar surface area (TPSA) is 76.9 Å². The summed E-state index contributed by atoms with van der Waals surface area (Å²) in [6, 6.07) is 9.13. The Morgan fingerprint density at radius 3 is 2.59 bits per heavy atom. The normalized spacial score (nSPS) is 15.7. The van der Waals surface area contributed by atoms with Crippen LogP contribution in [0, 0.1) is 0 Å². The van der Waals surface area contributed by atoms with E-state index in [1.54, 1.807) is 12.1 Å². The van der Waals surface area contributed by atoms with Crippen LogP contribution in [-0.2, 0) is 29.4 Å². The largest absolute Gasteiger partial charge is 0.317 e. The molecular weight excluding hydrogens is 300 g/mol. The van der Waals surface area contributed by atoms with Crippen LogP contribution in [0.2, 0.25) is 0 Å². The molecule has 1 aliphatic carbocycles. The van der Waals surface area contributed by atoms with Crippen molar-refractivity contribution in [2.24, 2.45) is 7.05 Å². The Labute approximate surface area is 130 Å². The van der Waals surface area contributed by atoms with Crippen molar-refractivity contribution < 1.29 is 8.42 Å². The van der Waals surface area contributed by atoms with Crippen molar-refractivity contribution in [3.8, 4) is 0 Å². The minimum Gasteiger partial charge on any atom is -0.317 e. The third-order valence-corrected chi connectivity index (χ3v) is 5.42. The SMILES string of the molecule is Cn1c(CNS(=O)(=O)Cc2ccccc2)nnc1C1CCC1. The van der Waals surface area contributed by atoms with Gasteiger partial charge in [-0.3, -0.25) is 0 Å². The van der Waals surface area contributed by atoms with Gasteiger partial charge in [0.25, 0.3) is 0 Å². The zero-order valence-corrected chi connectivity index (χ0v) is 13.4. The molecule has 22 heavy (non-hydrogen) atoms. The standard InChI is InChI=1S/C15H20N4O2S/c1-19-14(17-18-15(19)13-8-5-9-13)10-16-22(20,21)11-12-6-3-2-4-7-12/h2-4,6-7,13,16H,5,8-11H2,1H3. The molecule has 0 radical (unpaired) electrons. The molecule has 0 amide bonds. The molecule has 0 saturated heterocycles. The van der Waals surface area contributed by atoms with Gasteiger partial charge in [-0.25, -0.2) is 13.1 Å². The number of nitrogens with zero attached hydrogens (tertiary/aromatic N) is 3. The van der Waals surface area contributed by atoms with Gasteiger partial charge in [-0.05, 0) is 18.4 Å². The average molecular weight is 320 g/mol. The van der Waals surface area contributed by atoms with Gasteiger partial charge in [-0.1, -0.05) is 36.8 Å². The van der Waals surface area contributed by atoms with Crippen molar-refractivity contribution in [1.82, 2.24) is 19.5 Å². The van der Waals surface area contributed by atoms with E-state index in [0.717, 1.165) is 24.2 Å². The van der Waals surface area contributed by atoms with E-state index >= 15 is 0 Å². The molecule has 0 atom stereocenters. The molecule has 0 bridgehead atoms. The maximum absolute atomic E-state index is 12.1. The quantitative estimate of drug-likeness (QED) is 0.879. The van der Waals surface area contributed by atoms with Crippen LogP contribution in [0.15, 0.2) is 30.3 Å². The van der Waals surface area contributed by atoms with E-state index in [-0.39, 0.29) is 12.3 Å². The summed E-state index contributed by atoms with van der Waals surface area (Å²) in [5.41, 5.74) is 0.767. The van der Waals surface area contributed by atoms with E-state index in [9.17, 15) is 8.42 Å². The zero-order chi connectivity index (χ0) is 15.6. The molecule has 1 aliphatic rings. The van der Waals surface area contributed by atoms with Crippen LogP contribution in [0.1, 0.15) is 42.4 Å². The molecule has 1 heterocycles. The predicted octanol–water partition coefficient (Wildman–Crippen LogP) is 1.70. The van der Waals surface area contributed by atoms with Crippen LogP contribution in [0.4, 0.5) is 0 Å². The monoisotopic (exact) mass is 320 g/mol. The Morgan fingerprint density at radius 2 is 1.95 bits per heavy atom. The second-order valence-electron chi connectivity index (χ2n) is 5.73. The first-order valence-electron chi connectivity index (χ1n) is 7.44. The lowest BCUT2D eigenvalue weighted by atomic mass is 9.85. The Balaban J connectivity index is 1.63. The van der Waals surface area contributed by atoms with Crippen LogP contribution in [-0.4, -0.2) is 23.2 Å². The number of hydrogen-bond acceptors (Lipinski definition) is 4. The fourth-order valence-corrected chi connectivity index (χ4v) is 3.65. The summed E-state index contributed by atoms with van der Waals surface area (Å²) in [6.45, 7) is 0.172. The lowest BCUT2D eigenvalue weighted by Crippen LogP contribution is -2.26. The summed E-state index contributed by atoms with van der Waals surface area (Å²) in [5.74, 6) is 2.07. The summed E-state index contributed by atoms with van der Waals surface area (Å²) in [6.07, 6.45) is 3.52. The van der Waals surface area contributed by atoms with Gasteiger partial charge >= 0.3 is 0 Å². The van der Waals surface area contributed by atoms with E-state index in [1.807, 2.05) is 29.8 Å². The van der Waals surface area contributed by atoms with Crippen molar-refractivity contribution in [2.45, 2.75) is 37.5 Å².